The lowest BCUT2D eigenvalue weighted by atomic mass is 10.0. The van der Waals surface area contributed by atoms with Gasteiger partial charge in [0, 0.05) is 5.69 Å². The van der Waals surface area contributed by atoms with Gasteiger partial charge in [0.1, 0.15) is 6.04 Å². The molecule has 2 aromatic rings. The van der Waals surface area contributed by atoms with E-state index in [0.29, 0.717) is 12.1 Å². The van der Waals surface area contributed by atoms with Crippen LogP contribution in [0.5, 0.6) is 0 Å². The minimum Gasteiger partial charge on any atom is -0.325 e. The molecule has 0 bridgehead atoms. The van der Waals surface area contributed by atoms with Crippen LogP contribution in [-0.2, 0) is 14.8 Å². The summed E-state index contributed by atoms with van der Waals surface area (Å²) in [6.45, 7) is 7.72. The summed E-state index contributed by atoms with van der Waals surface area (Å²) in [5, 5.41) is 2.81. The third-order valence-electron chi connectivity index (χ3n) is 3.94. The van der Waals surface area contributed by atoms with Gasteiger partial charge in [-0.15, -0.1) is 0 Å². The van der Waals surface area contributed by atoms with Crippen LogP contribution in [0.15, 0.2) is 53.4 Å². The molecule has 140 valence electrons. The molecule has 5 nitrogen and oxygen atoms in total. The van der Waals surface area contributed by atoms with Gasteiger partial charge in [0.2, 0.25) is 15.9 Å². The van der Waals surface area contributed by atoms with Gasteiger partial charge in [-0.25, -0.2) is 8.42 Å². The fraction of sp³-hybridized carbons (Fsp3) is 0.350. The summed E-state index contributed by atoms with van der Waals surface area (Å²) in [5.41, 5.74) is 2.64. The van der Waals surface area contributed by atoms with Crippen molar-refractivity contribution in [3.05, 3.63) is 59.7 Å². The summed E-state index contributed by atoms with van der Waals surface area (Å²) in [6.07, 6.45) is 0.405. The van der Waals surface area contributed by atoms with Crippen molar-refractivity contribution in [3.8, 4) is 0 Å². The van der Waals surface area contributed by atoms with Gasteiger partial charge < -0.3 is 5.32 Å². The van der Waals surface area contributed by atoms with E-state index in [1.807, 2.05) is 45.9 Å². The van der Waals surface area contributed by atoms with Crippen LogP contribution in [-0.4, -0.2) is 20.4 Å². The lowest BCUT2D eigenvalue weighted by molar-refractivity contribution is -0.118. The summed E-state index contributed by atoms with van der Waals surface area (Å²) < 4.78 is 27.9. The Balaban J connectivity index is 2.20. The third-order valence-corrected chi connectivity index (χ3v) is 5.43. The number of hydrogen-bond donors (Lipinski definition) is 2. The first-order valence-corrected chi connectivity index (χ1v) is 10.1. The number of aryl methyl sites for hydroxylation is 2. The number of benzene rings is 2. The topological polar surface area (TPSA) is 75.3 Å². The van der Waals surface area contributed by atoms with E-state index in [1.54, 1.807) is 30.3 Å². The minimum absolute atomic E-state index is 0.153. The Kier molecular flexibility index (Phi) is 6.56. The Hall–Kier alpha value is -2.18. The maximum Gasteiger partial charge on any atom is 0.242 e. The van der Waals surface area contributed by atoms with Crippen LogP contribution in [0.4, 0.5) is 5.69 Å². The Morgan fingerprint density at radius 3 is 2.23 bits per heavy atom. The molecule has 0 saturated heterocycles. The fourth-order valence-electron chi connectivity index (χ4n) is 2.61. The SMILES string of the molecule is Cc1ccc(S(=O)(=O)N[C@H](CC(C)C)C(=O)Nc2cccc(C)c2)cc1. The lowest BCUT2D eigenvalue weighted by Gasteiger charge is -2.20. The molecule has 0 aromatic heterocycles. The van der Waals surface area contributed by atoms with Gasteiger partial charge in [-0.2, -0.15) is 4.72 Å². The molecule has 6 heteroatoms. The second kappa shape index (κ2) is 8.47. The highest BCUT2D eigenvalue weighted by atomic mass is 32.2. The highest BCUT2D eigenvalue weighted by Gasteiger charge is 2.26. The molecule has 2 aromatic carbocycles. The Morgan fingerprint density at radius 1 is 1.00 bits per heavy atom. The number of sulfonamides is 1. The van der Waals surface area contributed by atoms with E-state index < -0.39 is 16.1 Å². The molecule has 0 unspecified atom stereocenters. The second-order valence-corrected chi connectivity index (χ2v) is 8.69. The van der Waals surface area contributed by atoms with Crippen molar-refractivity contribution in [3.63, 3.8) is 0 Å². The van der Waals surface area contributed by atoms with E-state index in [-0.39, 0.29) is 16.7 Å². The summed E-state index contributed by atoms with van der Waals surface area (Å²) in [7, 11) is -3.78. The first-order valence-electron chi connectivity index (χ1n) is 8.64. The van der Waals surface area contributed by atoms with Crippen molar-refractivity contribution in [2.24, 2.45) is 5.92 Å². The van der Waals surface area contributed by atoms with Crippen LogP contribution in [0.1, 0.15) is 31.4 Å². The summed E-state index contributed by atoms with van der Waals surface area (Å²) in [5.74, 6) is -0.205. The van der Waals surface area contributed by atoms with Crippen molar-refractivity contribution in [1.82, 2.24) is 4.72 Å². The van der Waals surface area contributed by atoms with Crippen LogP contribution in [0.25, 0.3) is 0 Å². The quantitative estimate of drug-likeness (QED) is 0.777. The third kappa shape index (κ3) is 5.68. The van der Waals surface area contributed by atoms with Crippen molar-refractivity contribution in [2.75, 3.05) is 5.32 Å². The van der Waals surface area contributed by atoms with E-state index in [4.69, 9.17) is 0 Å². The molecule has 2 rings (SSSR count). The predicted octanol–water partition coefficient (Wildman–Crippen LogP) is 3.64. The van der Waals surface area contributed by atoms with E-state index in [2.05, 4.69) is 10.0 Å². The van der Waals surface area contributed by atoms with Crippen LogP contribution in [0.3, 0.4) is 0 Å². The maximum absolute atomic E-state index is 12.7. The lowest BCUT2D eigenvalue weighted by Crippen LogP contribution is -2.44. The highest BCUT2D eigenvalue weighted by Crippen LogP contribution is 2.16. The number of carbonyl (C=O) groups is 1. The number of rotatable bonds is 7. The van der Waals surface area contributed by atoms with Crippen molar-refractivity contribution >= 4 is 21.6 Å². The number of hydrogen-bond acceptors (Lipinski definition) is 3. The van der Waals surface area contributed by atoms with E-state index in [9.17, 15) is 13.2 Å². The predicted molar refractivity (Wildman–Crippen MR) is 105 cm³/mol. The molecule has 0 spiro atoms. The number of carbonyl (C=O) groups excluding carboxylic acids is 1. The largest absolute Gasteiger partial charge is 0.325 e. The van der Waals surface area contributed by atoms with Gasteiger partial charge in [0.15, 0.2) is 0 Å². The molecule has 0 fully saturated rings. The Labute approximate surface area is 155 Å². The van der Waals surface area contributed by atoms with Crippen LogP contribution in [0.2, 0.25) is 0 Å². The van der Waals surface area contributed by atoms with Crippen LogP contribution >= 0.6 is 0 Å². The fourth-order valence-corrected chi connectivity index (χ4v) is 3.81. The molecule has 0 heterocycles. The van der Waals surface area contributed by atoms with E-state index in [0.717, 1.165) is 11.1 Å². The zero-order valence-electron chi connectivity index (χ0n) is 15.6. The van der Waals surface area contributed by atoms with Gasteiger partial charge in [-0.1, -0.05) is 43.7 Å². The zero-order chi connectivity index (χ0) is 19.3. The molecule has 26 heavy (non-hydrogen) atoms. The highest BCUT2D eigenvalue weighted by molar-refractivity contribution is 7.89. The van der Waals surface area contributed by atoms with Gasteiger partial charge in [0.25, 0.3) is 0 Å². The minimum atomic E-state index is -3.78. The van der Waals surface area contributed by atoms with Gasteiger partial charge >= 0.3 is 0 Å². The van der Waals surface area contributed by atoms with Crippen molar-refractivity contribution < 1.29 is 13.2 Å². The smallest absolute Gasteiger partial charge is 0.242 e. The average molecular weight is 375 g/mol. The molecular formula is C20H26N2O3S. The van der Waals surface area contributed by atoms with Gasteiger partial charge in [0.05, 0.1) is 4.90 Å². The monoisotopic (exact) mass is 374 g/mol. The number of amides is 1. The average Bonchev–Trinajstić information content (AvgIpc) is 2.54. The second-order valence-electron chi connectivity index (χ2n) is 6.98. The van der Waals surface area contributed by atoms with Gasteiger partial charge in [-0.05, 0) is 56.0 Å². The molecular weight excluding hydrogens is 348 g/mol. The van der Waals surface area contributed by atoms with Gasteiger partial charge in [-0.3, -0.25) is 4.79 Å². The maximum atomic E-state index is 12.7. The first-order chi connectivity index (χ1) is 12.2. The number of anilines is 1. The first kappa shape index (κ1) is 20.1. The zero-order valence-corrected chi connectivity index (χ0v) is 16.4. The molecule has 1 amide bonds. The van der Waals surface area contributed by atoms with Crippen LogP contribution < -0.4 is 10.0 Å². The van der Waals surface area contributed by atoms with Crippen LogP contribution in [0, 0.1) is 19.8 Å². The number of nitrogens with one attached hydrogen (secondary N) is 2. The molecule has 0 aliphatic rings. The molecule has 0 aliphatic carbocycles. The van der Waals surface area contributed by atoms with E-state index >= 15 is 0 Å². The van der Waals surface area contributed by atoms with Crippen molar-refractivity contribution in [2.45, 2.75) is 45.1 Å². The molecule has 0 radical (unpaired) electrons. The Morgan fingerprint density at radius 2 is 1.65 bits per heavy atom. The molecule has 1 atom stereocenters. The summed E-state index contributed by atoms with van der Waals surface area (Å²) >= 11 is 0. The van der Waals surface area contributed by atoms with E-state index in [1.165, 1.54) is 0 Å². The standard InChI is InChI=1S/C20H26N2O3S/c1-14(2)12-19(20(23)21-17-7-5-6-16(4)13-17)22-26(24,25)18-10-8-15(3)9-11-18/h5-11,13-14,19,22H,12H2,1-4H3,(H,21,23)/t19-/m1/s1. The molecule has 2 N–H and O–H groups in total. The summed E-state index contributed by atoms with van der Waals surface area (Å²) in [4.78, 5) is 12.8. The molecule has 0 saturated carbocycles. The van der Waals surface area contributed by atoms with Crippen molar-refractivity contribution in [1.29, 1.82) is 0 Å². The summed E-state index contributed by atoms with van der Waals surface area (Å²) in [6, 6.07) is 13.1. The Bertz CT molecular complexity index is 859. The molecule has 0 aliphatic heterocycles. The normalized spacial score (nSPS) is 12.8.